The highest BCUT2D eigenvalue weighted by atomic mass is 35.5. The normalized spacial score (nSPS) is 27.2. The first kappa shape index (κ1) is 13.3. The number of hydrogen-bond acceptors (Lipinski definition) is 1. The first-order valence-electron chi connectivity index (χ1n) is 6.22. The molecule has 0 aromatic rings. The average molecular weight is 233 g/mol. The second-order valence-electron chi connectivity index (χ2n) is 5.73. The fourth-order valence-corrected chi connectivity index (χ4v) is 2.31. The van der Waals surface area contributed by atoms with Crippen molar-refractivity contribution in [2.45, 2.75) is 76.9 Å². The lowest BCUT2D eigenvalue weighted by molar-refractivity contribution is -0.0191. The highest BCUT2D eigenvalue weighted by Crippen LogP contribution is 2.32. The van der Waals surface area contributed by atoms with Crippen LogP contribution >= 0.6 is 11.6 Å². The molecule has 0 aromatic carbocycles. The lowest BCUT2D eigenvalue weighted by Crippen LogP contribution is -2.20. The molecule has 0 radical (unpaired) electrons. The van der Waals surface area contributed by atoms with Crippen LogP contribution < -0.4 is 0 Å². The molecular formula is C13H25ClO. The summed E-state index contributed by atoms with van der Waals surface area (Å²) >= 11 is 6.22. The molecular weight excluding hydrogens is 208 g/mol. The Kier molecular flexibility index (Phi) is 4.92. The molecule has 0 N–H and O–H groups in total. The van der Waals surface area contributed by atoms with Crippen molar-refractivity contribution in [1.82, 2.24) is 0 Å². The lowest BCUT2D eigenvalue weighted by Gasteiger charge is -2.20. The van der Waals surface area contributed by atoms with Gasteiger partial charge in [-0.1, -0.05) is 13.8 Å². The van der Waals surface area contributed by atoms with Crippen molar-refractivity contribution in [1.29, 1.82) is 0 Å². The number of hydrogen-bond donors (Lipinski definition) is 0. The van der Waals surface area contributed by atoms with Crippen LogP contribution in [0.4, 0.5) is 0 Å². The van der Waals surface area contributed by atoms with Gasteiger partial charge in [-0.3, -0.25) is 0 Å². The molecule has 0 saturated carbocycles. The molecule has 1 aliphatic rings. The minimum Gasteiger partial charge on any atom is -0.372 e. The van der Waals surface area contributed by atoms with Crippen LogP contribution in [0.2, 0.25) is 0 Å². The first-order valence-corrected chi connectivity index (χ1v) is 6.66. The van der Waals surface area contributed by atoms with Crippen molar-refractivity contribution in [2.24, 2.45) is 5.92 Å². The molecule has 0 amide bonds. The van der Waals surface area contributed by atoms with Gasteiger partial charge in [0.05, 0.1) is 11.7 Å². The third-order valence-electron chi connectivity index (χ3n) is 3.28. The van der Waals surface area contributed by atoms with E-state index in [0.717, 1.165) is 6.42 Å². The highest BCUT2D eigenvalue weighted by Gasteiger charge is 2.31. The molecule has 1 heterocycles. The quantitative estimate of drug-likeness (QED) is 0.640. The third kappa shape index (κ3) is 4.74. The Bertz CT molecular complexity index is 189. The molecule has 1 aliphatic heterocycles. The molecule has 1 fully saturated rings. The molecule has 1 nitrogen and oxygen atoms in total. The van der Waals surface area contributed by atoms with Crippen molar-refractivity contribution >= 4 is 11.6 Å². The molecule has 2 unspecified atom stereocenters. The summed E-state index contributed by atoms with van der Waals surface area (Å²) < 4.78 is 5.95. The Hall–Kier alpha value is 0.250. The molecule has 0 spiro atoms. The van der Waals surface area contributed by atoms with Crippen LogP contribution in [0.25, 0.3) is 0 Å². The minimum absolute atomic E-state index is 0.114. The van der Waals surface area contributed by atoms with Gasteiger partial charge in [-0.15, -0.1) is 11.6 Å². The van der Waals surface area contributed by atoms with Gasteiger partial charge in [0, 0.05) is 5.38 Å². The van der Waals surface area contributed by atoms with E-state index >= 15 is 0 Å². The van der Waals surface area contributed by atoms with E-state index in [0.29, 0.717) is 17.4 Å². The first-order chi connectivity index (χ1) is 6.91. The van der Waals surface area contributed by atoms with E-state index in [2.05, 4.69) is 27.7 Å². The molecule has 90 valence electrons. The fourth-order valence-electron chi connectivity index (χ4n) is 2.15. The zero-order valence-electron chi connectivity index (χ0n) is 10.6. The topological polar surface area (TPSA) is 9.23 Å². The van der Waals surface area contributed by atoms with Crippen molar-refractivity contribution in [3.8, 4) is 0 Å². The molecule has 1 rings (SSSR count). The zero-order chi connectivity index (χ0) is 11.5. The third-order valence-corrected chi connectivity index (χ3v) is 4.01. The summed E-state index contributed by atoms with van der Waals surface area (Å²) in [6.45, 7) is 8.75. The van der Waals surface area contributed by atoms with Gasteiger partial charge < -0.3 is 4.74 Å². The van der Waals surface area contributed by atoms with Gasteiger partial charge >= 0.3 is 0 Å². The second kappa shape index (κ2) is 5.54. The highest BCUT2D eigenvalue weighted by molar-refractivity contribution is 6.20. The Morgan fingerprint density at radius 3 is 2.53 bits per heavy atom. The SMILES string of the molecule is CC(C)C(Cl)CCCC1CCC(C)(C)O1. The maximum Gasteiger partial charge on any atom is 0.0631 e. The van der Waals surface area contributed by atoms with Crippen molar-refractivity contribution in [2.75, 3.05) is 0 Å². The maximum absolute atomic E-state index is 6.22. The van der Waals surface area contributed by atoms with Crippen LogP contribution in [0.3, 0.4) is 0 Å². The van der Waals surface area contributed by atoms with Gasteiger partial charge in [0.15, 0.2) is 0 Å². The summed E-state index contributed by atoms with van der Waals surface area (Å²) in [6, 6.07) is 0. The average Bonchev–Trinajstić information content (AvgIpc) is 2.45. The van der Waals surface area contributed by atoms with E-state index in [1.165, 1.54) is 25.7 Å². The Balaban J connectivity index is 2.11. The predicted octanol–water partition coefficient (Wildman–Crippen LogP) is 4.38. The van der Waals surface area contributed by atoms with E-state index in [4.69, 9.17) is 16.3 Å². The van der Waals surface area contributed by atoms with Crippen LogP contribution in [0.15, 0.2) is 0 Å². The Labute approximate surface area is 99.5 Å². The Morgan fingerprint density at radius 1 is 1.40 bits per heavy atom. The van der Waals surface area contributed by atoms with Gasteiger partial charge in [-0.25, -0.2) is 0 Å². The molecule has 0 aliphatic carbocycles. The molecule has 0 bridgehead atoms. The van der Waals surface area contributed by atoms with E-state index in [9.17, 15) is 0 Å². The van der Waals surface area contributed by atoms with Gasteiger partial charge in [0.1, 0.15) is 0 Å². The standard InChI is InChI=1S/C13H25ClO/c1-10(2)12(14)7-5-6-11-8-9-13(3,4)15-11/h10-12H,5-9H2,1-4H3. The van der Waals surface area contributed by atoms with Crippen LogP contribution in [0, 0.1) is 5.92 Å². The van der Waals surface area contributed by atoms with Gasteiger partial charge in [0.2, 0.25) is 0 Å². The summed E-state index contributed by atoms with van der Waals surface area (Å²) in [5.41, 5.74) is 0.114. The van der Waals surface area contributed by atoms with Crippen LogP contribution in [-0.4, -0.2) is 17.1 Å². The van der Waals surface area contributed by atoms with E-state index in [-0.39, 0.29) is 5.60 Å². The molecule has 1 saturated heterocycles. The number of rotatable bonds is 5. The van der Waals surface area contributed by atoms with Crippen LogP contribution in [0.1, 0.15) is 59.8 Å². The molecule has 2 heteroatoms. The summed E-state index contributed by atoms with van der Waals surface area (Å²) in [5, 5.41) is 0.333. The molecule has 15 heavy (non-hydrogen) atoms. The van der Waals surface area contributed by atoms with E-state index in [1.54, 1.807) is 0 Å². The monoisotopic (exact) mass is 232 g/mol. The summed E-state index contributed by atoms with van der Waals surface area (Å²) in [5.74, 6) is 0.590. The smallest absolute Gasteiger partial charge is 0.0631 e. The second-order valence-corrected chi connectivity index (χ2v) is 6.29. The molecule has 2 atom stereocenters. The van der Waals surface area contributed by atoms with Crippen molar-refractivity contribution in [3.05, 3.63) is 0 Å². The van der Waals surface area contributed by atoms with E-state index in [1.807, 2.05) is 0 Å². The largest absolute Gasteiger partial charge is 0.372 e. The van der Waals surface area contributed by atoms with Gasteiger partial charge in [-0.2, -0.15) is 0 Å². The number of ether oxygens (including phenoxy) is 1. The Morgan fingerprint density at radius 2 is 2.07 bits per heavy atom. The fraction of sp³-hybridized carbons (Fsp3) is 1.00. The summed E-state index contributed by atoms with van der Waals surface area (Å²) in [7, 11) is 0. The van der Waals surface area contributed by atoms with Crippen molar-refractivity contribution in [3.63, 3.8) is 0 Å². The predicted molar refractivity (Wildman–Crippen MR) is 66.5 cm³/mol. The van der Waals surface area contributed by atoms with Gasteiger partial charge in [0.25, 0.3) is 0 Å². The zero-order valence-corrected chi connectivity index (χ0v) is 11.3. The van der Waals surface area contributed by atoms with Gasteiger partial charge in [-0.05, 0) is 51.9 Å². The summed E-state index contributed by atoms with van der Waals surface area (Å²) in [6.07, 6.45) is 6.41. The minimum atomic E-state index is 0.114. The van der Waals surface area contributed by atoms with Crippen LogP contribution in [0.5, 0.6) is 0 Å². The lowest BCUT2D eigenvalue weighted by atomic mass is 10.0. The number of halogens is 1. The van der Waals surface area contributed by atoms with E-state index < -0.39 is 0 Å². The van der Waals surface area contributed by atoms with Crippen molar-refractivity contribution < 1.29 is 4.74 Å². The maximum atomic E-state index is 6.22. The number of alkyl halides is 1. The molecule has 0 aromatic heterocycles. The van der Waals surface area contributed by atoms with Crippen LogP contribution in [-0.2, 0) is 4.74 Å². The summed E-state index contributed by atoms with van der Waals surface area (Å²) in [4.78, 5) is 0.